The van der Waals surface area contributed by atoms with Crippen molar-refractivity contribution in [3.8, 4) is 6.07 Å². The number of nitrogen functional groups attached to an aromatic ring is 1. The first kappa shape index (κ1) is 22.8. The van der Waals surface area contributed by atoms with Gasteiger partial charge < -0.3 is 11.1 Å². The molecular weight excluding hydrogens is 436 g/mol. The van der Waals surface area contributed by atoms with Gasteiger partial charge in [-0.15, -0.1) is 22.7 Å². The first-order chi connectivity index (χ1) is 15.2. The molecule has 7 heteroatoms. The molecule has 0 saturated carbocycles. The van der Waals surface area contributed by atoms with Gasteiger partial charge in [0.05, 0.1) is 11.3 Å². The number of thiophene rings is 2. The van der Waals surface area contributed by atoms with Crippen LogP contribution in [-0.2, 0) is 19.3 Å². The average molecular weight is 467 g/mol. The number of nitriles is 1. The number of carbonyl (C=O) groups is 1. The molecule has 1 amide bonds. The molecule has 1 atom stereocenters. The third-order valence-electron chi connectivity index (χ3n) is 6.47. The summed E-state index contributed by atoms with van der Waals surface area (Å²) in [5.74, 6) is 0.318. The number of unbranched alkanes of at least 4 members (excludes halogenated alkanes) is 1. The molecule has 5 nitrogen and oxygen atoms in total. The molecule has 3 N–H and O–H groups in total. The Kier molecular flexibility index (Phi) is 6.28. The summed E-state index contributed by atoms with van der Waals surface area (Å²) < 4.78 is 0. The van der Waals surface area contributed by atoms with Gasteiger partial charge in [-0.25, -0.2) is 4.98 Å². The van der Waals surface area contributed by atoms with Gasteiger partial charge in [0.1, 0.15) is 20.8 Å². The SMILES string of the molecule is CCCCc1ccc2c(N)c(C(=O)Nc3sc4c(c3C#N)CCC(C(C)(C)C)C4)sc2n1. The fourth-order valence-electron chi connectivity index (χ4n) is 4.39. The summed E-state index contributed by atoms with van der Waals surface area (Å²) >= 11 is 2.87. The van der Waals surface area contributed by atoms with Crippen LogP contribution in [0.15, 0.2) is 12.1 Å². The fraction of sp³-hybridized carbons (Fsp3) is 0.480. The van der Waals surface area contributed by atoms with E-state index in [2.05, 4.69) is 39.1 Å². The summed E-state index contributed by atoms with van der Waals surface area (Å²) in [6, 6.07) is 6.30. The lowest BCUT2D eigenvalue weighted by molar-refractivity contribution is 0.103. The first-order valence-corrected chi connectivity index (χ1v) is 12.9. The van der Waals surface area contributed by atoms with Gasteiger partial charge in [0, 0.05) is 16.0 Å². The van der Waals surface area contributed by atoms with E-state index in [0.29, 0.717) is 27.0 Å². The van der Waals surface area contributed by atoms with Gasteiger partial charge in [-0.3, -0.25) is 4.79 Å². The van der Waals surface area contributed by atoms with Crippen molar-refractivity contribution in [2.75, 3.05) is 11.1 Å². The van der Waals surface area contributed by atoms with Gasteiger partial charge in [-0.1, -0.05) is 34.1 Å². The number of hydrogen-bond acceptors (Lipinski definition) is 6. The predicted molar refractivity (Wildman–Crippen MR) is 135 cm³/mol. The fourth-order valence-corrected chi connectivity index (χ4v) is 6.67. The Morgan fingerprint density at radius 1 is 1.34 bits per heavy atom. The van der Waals surface area contributed by atoms with Gasteiger partial charge in [-0.05, 0) is 61.1 Å². The maximum absolute atomic E-state index is 13.2. The molecule has 1 aliphatic rings. The van der Waals surface area contributed by atoms with E-state index in [-0.39, 0.29) is 11.3 Å². The van der Waals surface area contributed by atoms with Crippen LogP contribution in [-0.4, -0.2) is 10.9 Å². The normalized spacial score (nSPS) is 16.0. The first-order valence-electron chi connectivity index (χ1n) is 11.3. The third-order valence-corrected chi connectivity index (χ3v) is 8.76. The number of carbonyl (C=O) groups excluding carboxylic acids is 1. The number of nitrogens with two attached hydrogens (primary N) is 1. The molecule has 0 radical (unpaired) electrons. The van der Waals surface area contributed by atoms with Crippen LogP contribution in [0.25, 0.3) is 10.2 Å². The van der Waals surface area contributed by atoms with E-state index in [1.807, 2.05) is 12.1 Å². The van der Waals surface area contributed by atoms with Crippen molar-refractivity contribution in [2.24, 2.45) is 11.3 Å². The van der Waals surface area contributed by atoms with Gasteiger partial charge >= 0.3 is 0 Å². The van der Waals surface area contributed by atoms with Crippen LogP contribution >= 0.6 is 22.7 Å². The van der Waals surface area contributed by atoms with Crippen molar-refractivity contribution < 1.29 is 4.79 Å². The van der Waals surface area contributed by atoms with Gasteiger partial charge in [0.25, 0.3) is 5.91 Å². The minimum absolute atomic E-state index is 0.229. The zero-order valence-electron chi connectivity index (χ0n) is 19.2. The Morgan fingerprint density at radius 3 is 2.81 bits per heavy atom. The standard InChI is InChI=1S/C25H30N4OS2/c1-5-6-7-15-9-11-17-20(27)21(32-23(17)28-15)22(30)29-24-18(13-26)16-10-8-14(25(2,3)4)12-19(16)31-24/h9,11,14H,5-8,10,12,27H2,1-4H3,(H,29,30). The van der Waals surface area contributed by atoms with Crippen LogP contribution in [0.3, 0.4) is 0 Å². The molecule has 3 aromatic rings. The van der Waals surface area contributed by atoms with Crippen molar-refractivity contribution in [1.82, 2.24) is 4.98 Å². The van der Waals surface area contributed by atoms with E-state index in [4.69, 9.17) is 10.7 Å². The van der Waals surface area contributed by atoms with E-state index in [9.17, 15) is 10.1 Å². The van der Waals surface area contributed by atoms with Crippen molar-refractivity contribution >= 4 is 49.5 Å². The largest absolute Gasteiger partial charge is 0.397 e. The Hall–Kier alpha value is -2.43. The highest BCUT2D eigenvalue weighted by Gasteiger charge is 2.32. The van der Waals surface area contributed by atoms with E-state index >= 15 is 0 Å². The summed E-state index contributed by atoms with van der Waals surface area (Å²) in [6.45, 7) is 8.98. The van der Waals surface area contributed by atoms with E-state index < -0.39 is 0 Å². The van der Waals surface area contributed by atoms with Crippen molar-refractivity contribution in [3.05, 3.63) is 38.7 Å². The van der Waals surface area contributed by atoms with Crippen LogP contribution in [0.2, 0.25) is 0 Å². The van der Waals surface area contributed by atoms with E-state index in [1.54, 1.807) is 11.3 Å². The lowest BCUT2D eigenvalue weighted by Gasteiger charge is -2.33. The highest BCUT2D eigenvalue weighted by Crippen LogP contribution is 2.44. The molecule has 32 heavy (non-hydrogen) atoms. The third kappa shape index (κ3) is 4.26. The molecule has 3 aromatic heterocycles. The second-order valence-corrected chi connectivity index (χ2v) is 11.8. The molecule has 0 saturated heterocycles. The number of fused-ring (bicyclic) bond motifs is 2. The number of rotatable bonds is 5. The number of nitrogens with zero attached hydrogens (tertiary/aromatic N) is 2. The Bertz CT molecular complexity index is 1210. The molecule has 0 fully saturated rings. The number of aryl methyl sites for hydroxylation is 1. The van der Waals surface area contributed by atoms with Crippen molar-refractivity contribution in [2.45, 2.75) is 66.2 Å². The van der Waals surface area contributed by atoms with Gasteiger partial charge in [-0.2, -0.15) is 5.26 Å². The summed E-state index contributed by atoms with van der Waals surface area (Å²) in [7, 11) is 0. The second-order valence-electron chi connectivity index (χ2n) is 9.68. The molecule has 1 unspecified atom stereocenters. The average Bonchev–Trinajstić information content (AvgIpc) is 3.27. The predicted octanol–water partition coefficient (Wildman–Crippen LogP) is 6.56. The maximum atomic E-state index is 13.2. The number of nitrogens with one attached hydrogen (secondary N) is 1. The number of aromatic nitrogens is 1. The zero-order chi connectivity index (χ0) is 23.0. The number of amides is 1. The van der Waals surface area contributed by atoms with Crippen LogP contribution in [0.1, 0.15) is 78.3 Å². The monoisotopic (exact) mass is 466 g/mol. The summed E-state index contributed by atoms with van der Waals surface area (Å²) in [5.41, 5.74) is 9.77. The van der Waals surface area contributed by atoms with Crippen molar-refractivity contribution in [3.63, 3.8) is 0 Å². The van der Waals surface area contributed by atoms with E-state index in [0.717, 1.165) is 60.0 Å². The highest BCUT2D eigenvalue weighted by atomic mass is 32.1. The Balaban J connectivity index is 1.61. The maximum Gasteiger partial charge on any atom is 0.268 e. The molecule has 3 heterocycles. The number of anilines is 2. The van der Waals surface area contributed by atoms with Crippen LogP contribution < -0.4 is 11.1 Å². The molecule has 1 aliphatic carbocycles. The number of pyridine rings is 1. The van der Waals surface area contributed by atoms with E-state index in [1.165, 1.54) is 16.2 Å². The molecular formula is C25H30N4OS2. The Labute approximate surface area is 197 Å². The molecule has 0 bridgehead atoms. The summed E-state index contributed by atoms with van der Waals surface area (Å²) in [5, 5.41) is 14.3. The lowest BCUT2D eigenvalue weighted by Crippen LogP contribution is -2.26. The zero-order valence-corrected chi connectivity index (χ0v) is 20.8. The van der Waals surface area contributed by atoms with Gasteiger partial charge in [0.2, 0.25) is 0 Å². The quantitative estimate of drug-likeness (QED) is 0.445. The topological polar surface area (TPSA) is 91.8 Å². The summed E-state index contributed by atoms with van der Waals surface area (Å²) in [6.07, 6.45) is 6.05. The minimum Gasteiger partial charge on any atom is -0.397 e. The van der Waals surface area contributed by atoms with Crippen LogP contribution in [0.4, 0.5) is 10.7 Å². The smallest absolute Gasteiger partial charge is 0.268 e. The van der Waals surface area contributed by atoms with Crippen molar-refractivity contribution in [1.29, 1.82) is 5.26 Å². The minimum atomic E-state index is -0.261. The van der Waals surface area contributed by atoms with Crippen LogP contribution in [0, 0.1) is 22.7 Å². The molecule has 0 aromatic carbocycles. The molecule has 4 rings (SSSR count). The Morgan fingerprint density at radius 2 is 2.12 bits per heavy atom. The summed E-state index contributed by atoms with van der Waals surface area (Å²) in [4.78, 5) is 20.3. The number of hydrogen-bond donors (Lipinski definition) is 2. The highest BCUT2D eigenvalue weighted by molar-refractivity contribution is 7.21. The molecule has 0 aliphatic heterocycles. The lowest BCUT2D eigenvalue weighted by atomic mass is 9.72. The van der Waals surface area contributed by atoms with Gasteiger partial charge in [0.15, 0.2) is 0 Å². The second kappa shape index (κ2) is 8.84. The van der Waals surface area contributed by atoms with Crippen LogP contribution in [0.5, 0.6) is 0 Å². The molecule has 0 spiro atoms. The molecule has 168 valence electrons.